The van der Waals surface area contributed by atoms with Gasteiger partial charge in [0.1, 0.15) is 11.4 Å². The van der Waals surface area contributed by atoms with Crippen molar-refractivity contribution in [2.75, 3.05) is 0 Å². The minimum absolute atomic E-state index is 0.681. The van der Waals surface area contributed by atoms with Crippen molar-refractivity contribution in [2.45, 2.75) is 38.5 Å². The third-order valence-corrected chi connectivity index (χ3v) is 7.29. The van der Waals surface area contributed by atoms with E-state index in [2.05, 4.69) is 46.6 Å². The van der Waals surface area contributed by atoms with Crippen molar-refractivity contribution in [2.24, 2.45) is 20.4 Å². The molecule has 0 N–H and O–H groups in total. The summed E-state index contributed by atoms with van der Waals surface area (Å²) in [5, 5.41) is 18.5. The molecule has 0 bridgehead atoms. The molecule has 2 aliphatic rings. The van der Waals surface area contributed by atoms with Gasteiger partial charge in [-0.25, -0.2) is 0 Å². The smallest absolute Gasteiger partial charge is 0.121 e. The van der Waals surface area contributed by atoms with Crippen molar-refractivity contribution in [1.29, 1.82) is 0 Å². The highest BCUT2D eigenvalue weighted by Crippen LogP contribution is 2.23. The van der Waals surface area contributed by atoms with Crippen LogP contribution in [0.15, 0.2) is 117 Å². The average molecular weight is 495 g/mol. The molecule has 4 nitrogen and oxygen atoms in total. The van der Waals surface area contributed by atoms with Crippen molar-refractivity contribution in [1.82, 2.24) is 0 Å². The Bertz CT molecular complexity index is 1430. The first-order chi connectivity index (χ1) is 18.8. The molecule has 0 saturated heterocycles. The molecule has 0 atom stereocenters. The molecule has 4 heteroatoms. The van der Waals surface area contributed by atoms with E-state index < -0.39 is 0 Å². The fourth-order valence-electron chi connectivity index (χ4n) is 5.33. The summed E-state index contributed by atoms with van der Waals surface area (Å²) < 4.78 is 0. The van der Waals surface area contributed by atoms with Gasteiger partial charge in [0.2, 0.25) is 0 Å². The summed E-state index contributed by atoms with van der Waals surface area (Å²) >= 11 is 0. The fourth-order valence-corrected chi connectivity index (χ4v) is 5.33. The molecule has 4 aromatic carbocycles. The Morgan fingerprint density at radius 2 is 0.895 bits per heavy atom. The van der Waals surface area contributed by atoms with Crippen molar-refractivity contribution in [3.63, 3.8) is 0 Å². The van der Waals surface area contributed by atoms with Crippen LogP contribution in [0.25, 0.3) is 0 Å². The second kappa shape index (κ2) is 11.3. The van der Waals surface area contributed by atoms with Crippen LogP contribution in [-0.2, 0) is 25.7 Å². The Morgan fingerprint density at radius 3 is 1.34 bits per heavy atom. The highest BCUT2D eigenvalue weighted by Gasteiger charge is 2.15. The summed E-state index contributed by atoms with van der Waals surface area (Å²) in [6.07, 6.45) is 10.8. The Labute approximate surface area is 224 Å². The molecule has 0 heterocycles. The molecule has 6 rings (SSSR count). The van der Waals surface area contributed by atoms with Crippen molar-refractivity contribution in [3.05, 3.63) is 142 Å². The number of hydrogen-bond acceptors (Lipinski definition) is 4. The number of benzene rings is 4. The molecule has 4 aromatic rings. The van der Waals surface area contributed by atoms with Crippen LogP contribution in [0.1, 0.15) is 57.3 Å². The summed E-state index contributed by atoms with van der Waals surface area (Å²) in [4.78, 5) is 0. The van der Waals surface area contributed by atoms with Crippen LogP contribution in [0.3, 0.4) is 0 Å². The minimum atomic E-state index is 0.681. The number of fused-ring (bicyclic) bond motifs is 2. The average Bonchev–Trinajstić information content (AvgIpc) is 3.64. The Balaban J connectivity index is 1.37. The summed E-state index contributed by atoms with van der Waals surface area (Å²) in [6.45, 7) is 0. The SMILES string of the molecule is C(=N/N=C(/C(=N/N=C/c1ccc2c(c1)CCC2)c1ccccc1)c1ccccc1)/c1ccc2c(c1)CCC2. The number of aryl methyl sites for hydroxylation is 4. The molecule has 0 fully saturated rings. The maximum Gasteiger partial charge on any atom is 0.121 e. The molecule has 38 heavy (non-hydrogen) atoms. The van der Waals surface area contributed by atoms with Crippen molar-refractivity contribution in [3.8, 4) is 0 Å². The molecule has 0 aromatic heterocycles. The predicted octanol–water partition coefficient (Wildman–Crippen LogP) is 7.01. The first-order valence-electron chi connectivity index (χ1n) is 13.4. The second-order valence-corrected chi connectivity index (χ2v) is 9.88. The van der Waals surface area contributed by atoms with Gasteiger partial charge in [-0.1, -0.05) is 84.9 Å². The van der Waals surface area contributed by atoms with E-state index >= 15 is 0 Å². The molecule has 2 aliphatic carbocycles. The van der Waals surface area contributed by atoms with Crippen LogP contribution in [0.5, 0.6) is 0 Å². The van der Waals surface area contributed by atoms with E-state index in [0.29, 0.717) is 11.4 Å². The first-order valence-corrected chi connectivity index (χ1v) is 13.4. The van der Waals surface area contributed by atoms with Gasteiger partial charge < -0.3 is 0 Å². The van der Waals surface area contributed by atoms with Gasteiger partial charge in [-0.15, -0.1) is 10.2 Å². The standard InChI is InChI=1S/C34H30N4/c1-3-9-29(10-4-1)33(37-35-23-25-17-19-27-13-7-15-31(27)21-25)34(30-11-5-2-6-12-30)38-36-24-26-18-20-28-14-8-16-32(28)22-26/h1-6,9-12,17-24H,7-8,13-16H2/b35-23-,36-24+,37-33+,38-34+. The summed E-state index contributed by atoms with van der Waals surface area (Å²) in [5.74, 6) is 0. The van der Waals surface area contributed by atoms with E-state index in [1.807, 2.05) is 73.1 Å². The zero-order chi connectivity index (χ0) is 25.6. The van der Waals surface area contributed by atoms with E-state index in [1.165, 1.54) is 47.9 Å². The van der Waals surface area contributed by atoms with Gasteiger partial charge in [-0.2, -0.15) is 10.2 Å². The lowest BCUT2D eigenvalue weighted by Gasteiger charge is -2.08. The number of rotatable bonds is 7. The van der Waals surface area contributed by atoms with Crippen LogP contribution in [0, 0.1) is 0 Å². The molecule has 186 valence electrons. The van der Waals surface area contributed by atoms with Gasteiger partial charge in [0.05, 0.1) is 12.4 Å². The van der Waals surface area contributed by atoms with E-state index in [0.717, 1.165) is 35.1 Å². The minimum Gasteiger partial charge on any atom is -0.158 e. The van der Waals surface area contributed by atoms with Crippen LogP contribution in [-0.4, -0.2) is 23.9 Å². The normalized spacial score (nSPS) is 15.4. The van der Waals surface area contributed by atoms with Gasteiger partial charge in [0.15, 0.2) is 0 Å². The Morgan fingerprint density at radius 1 is 0.474 bits per heavy atom. The van der Waals surface area contributed by atoms with Crippen LogP contribution >= 0.6 is 0 Å². The molecule has 0 aliphatic heterocycles. The van der Waals surface area contributed by atoms with Crippen LogP contribution in [0.2, 0.25) is 0 Å². The molecule has 0 spiro atoms. The zero-order valence-corrected chi connectivity index (χ0v) is 21.4. The largest absolute Gasteiger partial charge is 0.158 e. The Kier molecular flexibility index (Phi) is 7.12. The van der Waals surface area contributed by atoms with E-state index in [9.17, 15) is 0 Å². The lowest BCUT2D eigenvalue weighted by atomic mass is 10.00. The maximum atomic E-state index is 4.71. The Hall–Kier alpha value is -4.44. The molecule has 0 unspecified atom stereocenters. The lowest BCUT2D eigenvalue weighted by Crippen LogP contribution is -2.17. The number of nitrogens with zero attached hydrogens (tertiary/aromatic N) is 4. The summed E-state index contributed by atoms with van der Waals surface area (Å²) in [5.41, 5.74) is 11.1. The third-order valence-electron chi connectivity index (χ3n) is 7.29. The topological polar surface area (TPSA) is 49.4 Å². The highest BCUT2D eigenvalue weighted by molar-refractivity contribution is 6.53. The van der Waals surface area contributed by atoms with Crippen molar-refractivity contribution >= 4 is 23.9 Å². The zero-order valence-electron chi connectivity index (χ0n) is 21.4. The quantitative estimate of drug-likeness (QED) is 0.196. The van der Waals surface area contributed by atoms with Gasteiger partial charge >= 0.3 is 0 Å². The van der Waals surface area contributed by atoms with Gasteiger partial charge in [-0.05, 0) is 84.0 Å². The highest BCUT2D eigenvalue weighted by atomic mass is 15.2. The van der Waals surface area contributed by atoms with E-state index in [4.69, 9.17) is 10.2 Å². The molecule has 0 radical (unpaired) electrons. The third kappa shape index (κ3) is 5.45. The monoisotopic (exact) mass is 494 g/mol. The number of hydrogen-bond donors (Lipinski definition) is 0. The van der Waals surface area contributed by atoms with Crippen LogP contribution < -0.4 is 0 Å². The van der Waals surface area contributed by atoms with Gasteiger partial charge in [0.25, 0.3) is 0 Å². The van der Waals surface area contributed by atoms with Crippen LogP contribution in [0.4, 0.5) is 0 Å². The predicted molar refractivity (Wildman–Crippen MR) is 158 cm³/mol. The molecule has 0 saturated carbocycles. The molecule has 0 amide bonds. The fraction of sp³-hybridized carbons (Fsp3) is 0.176. The summed E-state index contributed by atoms with van der Waals surface area (Å²) in [6, 6.07) is 33.3. The lowest BCUT2D eigenvalue weighted by molar-refractivity contribution is 0.912. The van der Waals surface area contributed by atoms with Gasteiger partial charge in [0, 0.05) is 11.1 Å². The maximum absolute atomic E-state index is 4.71. The second-order valence-electron chi connectivity index (χ2n) is 9.88. The van der Waals surface area contributed by atoms with Gasteiger partial charge in [-0.3, -0.25) is 0 Å². The molecular formula is C34H30N4. The van der Waals surface area contributed by atoms with E-state index in [1.54, 1.807) is 0 Å². The summed E-state index contributed by atoms with van der Waals surface area (Å²) in [7, 11) is 0. The molecular weight excluding hydrogens is 464 g/mol. The van der Waals surface area contributed by atoms with Crippen molar-refractivity contribution < 1.29 is 0 Å². The van der Waals surface area contributed by atoms with E-state index in [-0.39, 0.29) is 0 Å². The first kappa shape index (κ1) is 23.9.